The maximum atomic E-state index is 12.3. The van der Waals surface area contributed by atoms with Gasteiger partial charge in [0.15, 0.2) is 0 Å². The summed E-state index contributed by atoms with van der Waals surface area (Å²) >= 11 is 5.97. The molecule has 0 bridgehead atoms. The molecule has 1 atom stereocenters. The van der Waals surface area contributed by atoms with Crippen LogP contribution >= 0.6 is 11.6 Å². The summed E-state index contributed by atoms with van der Waals surface area (Å²) in [5, 5.41) is 3.48. The van der Waals surface area contributed by atoms with Crippen molar-refractivity contribution < 1.29 is 9.59 Å². The van der Waals surface area contributed by atoms with Crippen LogP contribution in [0.1, 0.15) is 12.0 Å². The minimum atomic E-state index is -0.329. The third-order valence-electron chi connectivity index (χ3n) is 3.93. The van der Waals surface area contributed by atoms with Crippen molar-refractivity contribution in [3.8, 4) is 0 Å². The van der Waals surface area contributed by atoms with E-state index in [2.05, 4.69) is 5.32 Å². The Balaban J connectivity index is 1.62. The lowest BCUT2D eigenvalue weighted by Gasteiger charge is -2.17. The number of carbonyl (C=O) groups is 2. The fourth-order valence-corrected chi connectivity index (χ4v) is 2.89. The van der Waals surface area contributed by atoms with Crippen molar-refractivity contribution in [3.63, 3.8) is 0 Å². The quantitative estimate of drug-likeness (QED) is 0.938. The Morgan fingerprint density at radius 2 is 1.96 bits per heavy atom. The fourth-order valence-electron chi connectivity index (χ4n) is 2.71. The van der Waals surface area contributed by atoms with E-state index in [1.165, 1.54) is 0 Å². The van der Waals surface area contributed by atoms with Gasteiger partial charge >= 0.3 is 0 Å². The molecule has 0 radical (unpaired) electrons. The molecule has 0 saturated carbocycles. The summed E-state index contributed by atoms with van der Waals surface area (Å²) in [4.78, 5) is 26.1. The van der Waals surface area contributed by atoms with Crippen LogP contribution in [0.2, 0.25) is 5.02 Å². The van der Waals surface area contributed by atoms with Crippen LogP contribution in [0.3, 0.4) is 0 Å². The minimum absolute atomic E-state index is 0.0490. The molecule has 23 heavy (non-hydrogen) atoms. The molecule has 2 aromatic carbocycles. The predicted molar refractivity (Wildman–Crippen MR) is 90.2 cm³/mol. The highest BCUT2D eigenvalue weighted by atomic mass is 35.5. The van der Waals surface area contributed by atoms with Crippen LogP contribution in [0.5, 0.6) is 0 Å². The molecule has 1 aliphatic heterocycles. The standard InChI is InChI=1S/C18H17ClN2O2/c19-15-7-4-8-16(10-15)21-12-14(9-17(21)22)18(23)20-11-13-5-2-1-3-6-13/h1-8,10,14H,9,11-12H2,(H,20,23). The van der Waals surface area contributed by atoms with Gasteiger partial charge < -0.3 is 10.2 Å². The van der Waals surface area contributed by atoms with Gasteiger partial charge in [-0.2, -0.15) is 0 Å². The number of halogens is 1. The van der Waals surface area contributed by atoms with Gasteiger partial charge in [-0.25, -0.2) is 0 Å². The van der Waals surface area contributed by atoms with Gasteiger partial charge in [0.05, 0.1) is 5.92 Å². The Bertz CT molecular complexity index is 718. The summed E-state index contributed by atoms with van der Waals surface area (Å²) in [6, 6.07) is 16.8. The number of anilines is 1. The van der Waals surface area contributed by atoms with Gasteiger partial charge in [-0.15, -0.1) is 0 Å². The molecule has 1 unspecified atom stereocenters. The van der Waals surface area contributed by atoms with Crippen LogP contribution in [-0.2, 0) is 16.1 Å². The van der Waals surface area contributed by atoms with E-state index in [-0.39, 0.29) is 24.2 Å². The minimum Gasteiger partial charge on any atom is -0.352 e. The molecule has 5 heteroatoms. The highest BCUT2D eigenvalue weighted by molar-refractivity contribution is 6.30. The van der Waals surface area contributed by atoms with Gasteiger partial charge in [0.1, 0.15) is 0 Å². The Labute approximate surface area is 140 Å². The van der Waals surface area contributed by atoms with Crippen LogP contribution in [-0.4, -0.2) is 18.4 Å². The first kappa shape index (κ1) is 15.6. The van der Waals surface area contributed by atoms with E-state index < -0.39 is 0 Å². The zero-order chi connectivity index (χ0) is 16.2. The second-order valence-electron chi connectivity index (χ2n) is 5.59. The van der Waals surface area contributed by atoms with Crippen molar-refractivity contribution in [2.24, 2.45) is 5.92 Å². The summed E-state index contributed by atoms with van der Waals surface area (Å²) in [5.41, 5.74) is 1.78. The second kappa shape index (κ2) is 6.84. The first-order valence-corrected chi connectivity index (χ1v) is 7.89. The number of nitrogens with one attached hydrogen (secondary N) is 1. The summed E-state index contributed by atoms with van der Waals surface area (Å²) < 4.78 is 0. The molecular formula is C18H17ClN2O2. The summed E-state index contributed by atoms with van der Waals surface area (Å²) in [6.07, 6.45) is 0.229. The Hall–Kier alpha value is -2.33. The highest BCUT2D eigenvalue weighted by Crippen LogP contribution is 2.27. The molecule has 118 valence electrons. The lowest BCUT2D eigenvalue weighted by molar-refractivity contribution is -0.126. The van der Waals surface area contributed by atoms with Crippen molar-refractivity contribution in [3.05, 3.63) is 65.2 Å². The molecule has 4 nitrogen and oxygen atoms in total. The molecule has 0 aliphatic carbocycles. The molecule has 1 saturated heterocycles. The van der Waals surface area contributed by atoms with Crippen LogP contribution in [0.15, 0.2) is 54.6 Å². The van der Waals surface area contributed by atoms with Crippen molar-refractivity contribution in [2.75, 3.05) is 11.4 Å². The average molecular weight is 329 g/mol. The zero-order valence-electron chi connectivity index (χ0n) is 12.5. The van der Waals surface area contributed by atoms with Gasteiger partial charge in [-0.1, -0.05) is 48.0 Å². The SMILES string of the molecule is O=C(NCc1ccccc1)C1CC(=O)N(c2cccc(Cl)c2)C1. The van der Waals surface area contributed by atoms with Crippen LogP contribution in [0.4, 0.5) is 5.69 Å². The molecule has 0 aromatic heterocycles. The van der Waals surface area contributed by atoms with E-state index in [0.717, 1.165) is 11.3 Å². The Morgan fingerprint density at radius 1 is 1.17 bits per heavy atom. The number of rotatable bonds is 4. The first-order valence-electron chi connectivity index (χ1n) is 7.51. The average Bonchev–Trinajstić information content (AvgIpc) is 2.95. The van der Waals surface area contributed by atoms with Crippen molar-refractivity contribution in [1.82, 2.24) is 5.32 Å². The summed E-state index contributed by atoms with van der Waals surface area (Å²) in [6.45, 7) is 0.862. The number of benzene rings is 2. The molecule has 1 aliphatic rings. The van der Waals surface area contributed by atoms with E-state index in [1.807, 2.05) is 36.4 Å². The van der Waals surface area contributed by atoms with Gasteiger partial charge in [-0.3, -0.25) is 9.59 Å². The van der Waals surface area contributed by atoms with Crippen LogP contribution in [0, 0.1) is 5.92 Å². The lowest BCUT2D eigenvalue weighted by Crippen LogP contribution is -2.32. The fraction of sp³-hybridized carbons (Fsp3) is 0.222. The smallest absolute Gasteiger partial charge is 0.227 e. The van der Waals surface area contributed by atoms with E-state index in [9.17, 15) is 9.59 Å². The number of carbonyl (C=O) groups excluding carboxylic acids is 2. The van der Waals surface area contributed by atoms with E-state index in [1.54, 1.807) is 23.1 Å². The number of hydrogen-bond acceptors (Lipinski definition) is 2. The molecule has 2 aromatic rings. The van der Waals surface area contributed by atoms with Gasteiger partial charge in [-0.05, 0) is 23.8 Å². The normalized spacial score (nSPS) is 17.3. The molecule has 1 heterocycles. The highest BCUT2D eigenvalue weighted by Gasteiger charge is 2.35. The van der Waals surface area contributed by atoms with Crippen molar-refractivity contribution in [2.45, 2.75) is 13.0 Å². The third kappa shape index (κ3) is 3.71. The Kier molecular flexibility index (Phi) is 4.63. The topological polar surface area (TPSA) is 49.4 Å². The predicted octanol–water partition coefficient (Wildman–Crippen LogP) is 3.01. The molecule has 2 amide bonds. The van der Waals surface area contributed by atoms with E-state index in [4.69, 9.17) is 11.6 Å². The molecule has 1 N–H and O–H groups in total. The van der Waals surface area contributed by atoms with Crippen molar-refractivity contribution >= 4 is 29.1 Å². The number of amides is 2. The second-order valence-corrected chi connectivity index (χ2v) is 6.03. The van der Waals surface area contributed by atoms with Crippen molar-refractivity contribution in [1.29, 1.82) is 0 Å². The third-order valence-corrected chi connectivity index (χ3v) is 4.16. The Morgan fingerprint density at radius 3 is 2.70 bits per heavy atom. The van der Waals surface area contributed by atoms with Gasteiger partial charge in [0.2, 0.25) is 11.8 Å². The lowest BCUT2D eigenvalue weighted by atomic mass is 10.1. The maximum absolute atomic E-state index is 12.3. The largest absolute Gasteiger partial charge is 0.352 e. The maximum Gasteiger partial charge on any atom is 0.227 e. The van der Waals surface area contributed by atoms with Gasteiger partial charge in [0, 0.05) is 30.2 Å². The monoisotopic (exact) mass is 328 g/mol. The zero-order valence-corrected chi connectivity index (χ0v) is 13.3. The number of hydrogen-bond donors (Lipinski definition) is 1. The van der Waals surface area contributed by atoms with Gasteiger partial charge in [0.25, 0.3) is 0 Å². The summed E-state index contributed by atoms with van der Waals surface area (Å²) in [7, 11) is 0. The number of nitrogens with zero attached hydrogens (tertiary/aromatic N) is 1. The summed E-state index contributed by atoms with van der Waals surface area (Å²) in [5.74, 6) is -0.468. The van der Waals surface area contributed by atoms with Crippen LogP contribution < -0.4 is 10.2 Å². The molecular weight excluding hydrogens is 312 g/mol. The molecule has 0 spiro atoms. The molecule has 3 rings (SSSR count). The molecule has 1 fully saturated rings. The van der Waals surface area contributed by atoms with E-state index >= 15 is 0 Å². The van der Waals surface area contributed by atoms with E-state index in [0.29, 0.717) is 18.1 Å². The first-order chi connectivity index (χ1) is 11.1. The van der Waals surface area contributed by atoms with Crippen LogP contribution in [0.25, 0.3) is 0 Å².